The molecule has 0 spiro atoms. The number of ether oxygens (including phenoxy) is 10. The lowest BCUT2D eigenvalue weighted by Gasteiger charge is -2.58. The number of hydrogen-bond donors (Lipinski definition) is 12. The van der Waals surface area contributed by atoms with Gasteiger partial charge in [-0.25, -0.2) is 0 Å². The molecule has 28 unspecified atom stereocenters. The topological polar surface area (TPSA) is 338 Å². The molecule has 0 aromatic carbocycles. The first-order chi connectivity index (χ1) is 34.2. The highest BCUT2D eigenvalue weighted by Gasteiger charge is 2.68. The standard InChI is InChI=1S/C50H78O22/c1-19(2)8-13-50(62)20(3)30-26(72-50)15-25-23-7-6-21-14-22(9-11-48(21,4)24(23)10-12-49(25,30)5)63-46-42(69-44-36(59)34(57)41-47(70-41)71-44)37(60)39(29(18-53)66-46)67-45-38(61)40(32(55)28(17-52)65-45)68-43-35(58)33(56)31(54)27(16-51)64-43/h6,8,13,19-20,22-47,51-62H,7,9-12,14-18H2,1-5H3/b13-8+/t20-,22?,23?,24?,25?,26?,27?,28?,29?,30?,31?,32?,33?,34?,35?,36?,37?,38?,39?,40?,41?,42?,43?,44?,45?,46?,47?,48?,49?,50+/m0/s1. The van der Waals surface area contributed by atoms with Gasteiger partial charge in [-0.2, -0.15) is 0 Å². The van der Waals surface area contributed by atoms with Gasteiger partial charge in [-0.3, -0.25) is 0 Å². The molecule has 30 atom stereocenters. The molecule has 0 aromatic rings. The van der Waals surface area contributed by atoms with Gasteiger partial charge in [0.1, 0.15) is 91.6 Å². The van der Waals surface area contributed by atoms with Crippen molar-refractivity contribution in [2.75, 3.05) is 19.8 Å². The summed E-state index contributed by atoms with van der Waals surface area (Å²) in [7, 11) is 0. The van der Waals surface area contributed by atoms with Crippen LogP contribution in [-0.4, -0.2) is 222 Å². The summed E-state index contributed by atoms with van der Waals surface area (Å²) in [5.74, 6) is 0.514. The van der Waals surface area contributed by atoms with Crippen LogP contribution in [0.4, 0.5) is 0 Å². The van der Waals surface area contributed by atoms with Crippen molar-refractivity contribution in [2.24, 2.45) is 46.3 Å². The Morgan fingerprint density at radius 1 is 0.653 bits per heavy atom. The van der Waals surface area contributed by atoms with E-state index in [1.165, 1.54) is 5.57 Å². The molecule has 10 rings (SSSR count). The van der Waals surface area contributed by atoms with Crippen molar-refractivity contribution in [1.82, 2.24) is 0 Å². The van der Waals surface area contributed by atoms with Crippen molar-refractivity contribution in [3.05, 3.63) is 23.8 Å². The summed E-state index contributed by atoms with van der Waals surface area (Å²) >= 11 is 0. The Balaban J connectivity index is 0.853. The average molecular weight is 1030 g/mol. The molecule has 0 radical (unpaired) electrons. The number of hydrogen-bond acceptors (Lipinski definition) is 22. The first-order valence-corrected chi connectivity index (χ1v) is 26.1. The Labute approximate surface area is 418 Å². The molecule has 12 N–H and O–H groups in total. The zero-order chi connectivity index (χ0) is 51.5. The van der Waals surface area contributed by atoms with Crippen LogP contribution in [0.15, 0.2) is 23.8 Å². The minimum absolute atomic E-state index is 0.0187. The highest BCUT2D eigenvalue weighted by Crippen LogP contribution is 2.70. The van der Waals surface area contributed by atoms with Gasteiger partial charge in [0.15, 0.2) is 37.2 Å². The first kappa shape index (κ1) is 54.0. The third-order valence-electron chi connectivity index (χ3n) is 18.8. The second-order valence-electron chi connectivity index (χ2n) is 23.2. The number of rotatable bonds is 13. The van der Waals surface area contributed by atoms with Gasteiger partial charge in [0.2, 0.25) is 0 Å². The van der Waals surface area contributed by atoms with Crippen LogP contribution in [0, 0.1) is 46.3 Å². The van der Waals surface area contributed by atoms with E-state index in [1.54, 1.807) is 0 Å². The Kier molecular flexibility index (Phi) is 15.3. The maximum atomic E-state index is 12.3. The van der Waals surface area contributed by atoms with E-state index in [2.05, 4.69) is 40.7 Å². The summed E-state index contributed by atoms with van der Waals surface area (Å²) < 4.78 is 60.0. The van der Waals surface area contributed by atoms with Gasteiger partial charge < -0.3 is 109 Å². The number of allylic oxidation sites excluding steroid dienone is 2. The van der Waals surface area contributed by atoms with Gasteiger partial charge in [-0.15, -0.1) is 0 Å². The Morgan fingerprint density at radius 2 is 1.28 bits per heavy atom. The van der Waals surface area contributed by atoms with E-state index in [9.17, 15) is 61.3 Å². The van der Waals surface area contributed by atoms with Gasteiger partial charge >= 0.3 is 0 Å². The summed E-state index contributed by atoms with van der Waals surface area (Å²) in [5, 5.41) is 131. The Morgan fingerprint density at radius 3 is 1.97 bits per heavy atom. The second-order valence-corrected chi connectivity index (χ2v) is 23.2. The fourth-order valence-corrected chi connectivity index (χ4v) is 14.7. The van der Waals surface area contributed by atoms with E-state index in [4.69, 9.17) is 47.4 Å². The third-order valence-corrected chi connectivity index (χ3v) is 18.8. The monoisotopic (exact) mass is 1030 g/mol. The number of fused-ring (bicyclic) bond motifs is 8. The molecule has 410 valence electrons. The van der Waals surface area contributed by atoms with Crippen LogP contribution in [0.3, 0.4) is 0 Å². The van der Waals surface area contributed by atoms with Crippen molar-refractivity contribution >= 4 is 0 Å². The minimum Gasteiger partial charge on any atom is -0.394 e. The van der Waals surface area contributed by atoms with E-state index in [-0.39, 0.29) is 28.8 Å². The molecule has 72 heavy (non-hydrogen) atoms. The summed E-state index contributed by atoms with van der Waals surface area (Å²) in [6.45, 7) is 8.68. The molecule has 0 aromatic heterocycles. The summed E-state index contributed by atoms with van der Waals surface area (Å²) in [6, 6.07) is 0. The predicted octanol–water partition coefficient (Wildman–Crippen LogP) is -2.23. The molecular formula is C50H78O22. The van der Waals surface area contributed by atoms with Crippen molar-refractivity contribution in [3.8, 4) is 0 Å². The molecule has 22 nitrogen and oxygen atoms in total. The van der Waals surface area contributed by atoms with Gasteiger partial charge in [0.05, 0.1) is 32.0 Å². The van der Waals surface area contributed by atoms with Gasteiger partial charge in [-0.1, -0.05) is 52.3 Å². The maximum Gasteiger partial charge on any atom is 0.190 e. The molecule has 6 heterocycles. The highest BCUT2D eigenvalue weighted by atomic mass is 16.8. The zero-order valence-corrected chi connectivity index (χ0v) is 41.4. The van der Waals surface area contributed by atoms with Gasteiger partial charge in [0.25, 0.3) is 0 Å². The average Bonchev–Trinajstić information content (AvgIpc) is 4.01. The molecule has 0 amide bonds. The van der Waals surface area contributed by atoms with Crippen LogP contribution in [0.5, 0.6) is 0 Å². The quantitative estimate of drug-likeness (QED) is 0.0686. The van der Waals surface area contributed by atoms with Crippen LogP contribution in [0.25, 0.3) is 0 Å². The van der Waals surface area contributed by atoms with Crippen LogP contribution in [-0.2, 0) is 47.4 Å². The number of epoxide rings is 1. The normalized spacial score (nSPS) is 56.2. The van der Waals surface area contributed by atoms with E-state index in [1.807, 2.05) is 12.2 Å². The molecule has 4 aliphatic carbocycles. The van der Waals surface area contributed by atoms with E-state index in [0.29, 0.717) is 36.5 Å². The lowest BCUT2D eigenvalue weighted by atomic mass is 9.47. The number of aliphatic hydroxyl groups is 12. The SMILES string of the molecule is CC(C)/C=C/[C@@]1(O)OC2CC3C4CC=C5CC(OC6OC(CO)C(OC7OC(CO)C(O)C(OC8OC(CO)C(O)C(O)C8O)C7O)C(O)C6OC6OC7OC7C(O)C6O)CCC5(C)C4CCC3(C)C2[C@@H]1C. The summed E-state index contributed by atoms with van der Waals surface area (Å²) in [4.78, 5) is 0. The predicted molar refractivity (Wildman–Crippen MR) is 242 cm³/mol. The minimum atomic E-state index is -1.99. The molecule has 3 saturated carbocycles. The molecule has 0 bridgehead atoms. The largest absolute Gasteiger partial charge is 0.394 e. The lowest BCUT2D eigenvalue weighted by Crippen LogP contribution is -2.67. The fourth-order valence-electron chi connectivity index (χ4n) is 14.7. The second kappa shape index (κ2) is 20.4. The van der Waals surface area contributed by atoms with E-state index in [0.717, 1.165) is 32.1 Å². The van der Waals surface area contributed by atoms with Crippen LogP contribution in [0.1, 0.15) is 79.6 Å². The van der Waals surface area contributed by atoms with Crippen molar-refractivity contribution in [1.29, 1.82) is 0 Å². The molecule has 22 heteroatoms. The molecule has 6 aliphatic heterocycles. The van der Waals surface area contributed by atoms with Crippen molar-refractivity contribution in [3.63, 3.8) is 0 Å². The number of aliphatic hydroxyl groups excluding tert-OH is 11. The van der Waals surface area contributed by atoms with Gasteiger partial charge in [0, 0.05) is 5.92 Å². The van der Waals surface area contributed by atoms with Crippen LogP contribution >= 0.6 is 0 Å². The smallest absolute Gasteiger partial charge is 0.190 e. The Hall–Kier alpha value is -1.40. The molecule has 6 saturated heterocycles. The Bertz CT molecular complexity index is 1960. The van der Waals surface area contributed by atoms with E-state index >= 15 is 0 Å². The molecule has 10 aliphatic rings. The van der Waals surface area contributed by atoms with E-state index < -0.39 is 155 Å². The maximum absolute atomic E-state index is 12.3. The zero-order valence-electron chi connectivity index (χ0n) is 41.4. The fraction of sp³-hybridized carbons (Fsp3) is 0.920. The molecular weight excluding hydrogens is 953 g/mol. The van der Waals surface area contributed by atoms with Crippen LogP contribution in [0.2, 0.25) is 0 Å². The van der Waals surface area contributed by atoms with Gasteiger partial charge in [-0.05, 0) is 91.4 Å². The van der Waals surface area contributed by atoms with Crippen LogP contribution < -0.4 is 0 Å². The highest BCUT2D eigenvalue weighted by molar-refractivity contribution is 5.27. The van der Waals surface area contributed by atoms with Crippen molar-refractivity contribution in [2.45, 2.75) is 221 Å². The summed E-state index contributed by atoms with van der Waals surface area (Å²) in [6.07, 6.45) is -20.2. The first-order valence-electron chi connectivity index (χ1n) is 26.1. The lowest BCUT2D eigenvalue weighted by molar-refractivity contribution is -0.393. The molecule has 9 fully saturated rings. The summed E-state index contributed by atoms with van der Waals surface area (Å²) in [5.41, 5.74) is 1.17. The van der Waals surface area contributed by atoms with Crippen molar-refractivity contribution < 1.29 is 109 Å². The third kappa shape index (κ3) is 9.20.